The highest BCUT2D eigenvalue weighted by molar-refractivity contribution is 7.17. The number of rotatable bonds is 3. The number of nitrogens with zero attached hydrogens (tertiary/aromatic N) is 1. The van der Waals surface area contributed by atoms with Crippen molar-refractivity contribution in [3.63, 3.8) is 0 Å². The smallest absolute Gasteiger partial charge is 0.251 e. The van der Waals surface area contributed by atoms with Gasteiger partial charge in [0.25, 0.3) is 5.91 Å². The van der Waals surface area contributed by atoms with Crippen LogP contribution in [0.4, 0.5) is 5.00 Å². The van der Waals surface area contributed by atoms with Crippen molar-refractivity contribution in [2.75, 3.05) is 5.32 Å². The standard InChI is InChI=1S/C19H19ClN2OS/c20-16-11-5-9-14(21-16)17-13-8-3-4-10-15(13)24-19(17)22-18(23)12-6-1-2-7-12/h5-6,9,11H,1-4,7-8,10H2,(H,22,23). The van der Waals surface area contributed by atoms with Crippen molar-refractivity contribution >= 4 is 33.8 Å². The number of fused-ring (bicyclic) bond motifs is 1. The topological polar surface area (TPSA) is 42.0 Å². The zero-order chi connectivity index (χ0) is 16.5. The molecule has 0 saturated heterocycles. The molecule has 2 aliphatic rings. The molecule has 0 radical (unpaired) electrons. The lowest BCUT2D eigenvalue weighted by Crippen LogP contribution is -2.13. The van der Waals surface area contributed by atoms with Gasteiger partial charge in [0, 0.05) is 16.0 Å². The lowest BCUT2D eigenvalue weighted by Gasteiger charge is -2.13. The van der Waals surface area contributed by atoms with Crippen molar-refractivity contribution in [3.05, 3.63) is 45.4 Å². The summed E-state index contributed by atoms with van der Waals surface area (Å²) in [5.74, 6) is 0.0365. The predicted molar refractivity (Wildman–Crippen MR) is 99.8 cm³/mol. The maximum Gasteiger partial charge on any atom is 0.251 e. The van der Waals surface area contributed by atoms with Gasteiger partial charge < -0.3 is 5.32 Å². The van der Waals surface area contributed by atoms with Gasteiger partial charge in [0.2, 0.25) is 0 Å². The van der Waals surface area contributed by atoms with Crippen molar-refractivity contribution in [2.45, 2.75) is 44.9 Å². The molecule has 0 saturated carbocycles. The van der Waals surface area contributed by atoms with Crippen LogP contribution in [0.1, 0.15) is 42.5 Å². The third-order valence-corrected chi connectivity index (χ3v) is 6.12. The first-order chi connectivity index (χ1) is 11.7. The summed E-state index contributed by atoms with van der Waals surface area (Å²) >= 11 is 7.81. The summed E-state index contributed by atoms with van der Waals surface area (Å²) < 4.78 is 0. The fraction of sp³-hybridized carbons (Fsp3) is 0.368. The zero-order valence-corrected chi connectivity index (χ0v) is 15.0. The Kier molecular flexibility index (Phi) is 4.42. The number of pyridine rings is 1. The number of allylic oxidation sites excluding steroid dienone is 1. The van der Waals surface area contributed by atoms with Crippen LogP contribution in [0.3, 0.4) is 0 Å². The second-order valence-electron chi connectivity index (χ2n) is 6.34. The molecule has 0 aromatic carbocycles. The summed E-state index contributed by atoms with van der Waals surface area (Å²) in [6, 6.07) is 5.68. The number of aryl methyl sites for hydroxylation is 1. The fourth-order valence-electron chi connectivity index (χ4n) is 3.53. The molecule has 0 bridgehead atoms. The van der Waals surface area contributed by atoms with Crippen LogP contribution in [0.25, 0.3) is 11.3 Å². The summed E-state index contributed by atoms with van der Waals surface area (Å²) in [5, 5.41) is 4.57. The molecule has 2 aliphatic carbocycles. The van der Waals surface area contributed by atoms with Gasteiger partial charge in [-0.15, -0.1) is 11.3 Å². The van der Waals surface area contributed by atoms with E-state index < -0.39 is 0 Å². The number of hydrogen-bond acceptors (Lipinski definition) is 3. The molecule has 2 aromatic heterocycles. The molecular weight excluding hydrogens is 340 g/mol. The molecule has 1 amide bonds. The second kappa shape index (κ2) is 6.69. The maximum absolute atomic E-state index is 12.6. The van der Waals surface area contributed by atoms with Gasteiger partial charge in [0.1, 0.15) is 10.2 Å². The average Bonchev–Trinajstić information content (AvgIpc) is 3.22. The molecule has 0 spiro atoms. The Labute approximate surface area is 150 Å². The van der Waals surface area contributed by atoms with Crippen LogP contribution in [0.15, 0.2) is 29.8 Å². The van der Waals surface area contributed by atoms with Crippen LogP contribution < -0.4 is 5.32 Å². The number of anilines is 1. The van der Waals surface area contributed by atoms with Crippen molar-refractivity contribution in [2.24, 2.45) is 0 Å². The molecule has 24 heavy (non-hydrogen) atoms. The van der Waals surface area contributed by atoms with Crippen LogP contribution in [0.2, 0.25) is 5.15 Å². The molecule has 5 heteroatoms. The molecule has 4 rings (SSSR count). The van der Waals surface area contributed by atoms with E-state index in [1.54, 1.807) is 17.4 Å². The first-order valence-electron chi connectivity index (χ1n) is 8.50. The lowest BCUT2D eigenvalue weighted by molar-refractivity contribution is -0.112. The summed E-state index contributed by atoms with van der Waals surface area (Å²) in [6.07, 6.45) is 9.56. The van der Waals surface area contributed by atoms with Crippen molar-refractivity contribution < 1.29 is 4.79 Å². The van der Waals surface area contributed by atoms with E-state index in [2.05, 4.69) is 16.4 Å². The van der Waals surface area contributed by atoms with E-state index in [0.29, 0.717) is 5.15 Å². The first kappa shape index (κ1) is 15.9. The average molecular weight is 359 g/mol. The van der Waals surface area contributed by atoms with E-state index in [0.717, 1.165) is 53.9 Å². The van der Waals surface area contributed by atoms with E-state index in [9.17, 15) is 4.79 Å². The predicted octanol–water partition coefficient (Wildman–Crippen LogP) is 5.39. The molecule has 2 heterocycles. The first-order valence-corrected chi connectivity index (χ1v) is 9.69. The van der Waals surface area contributed by atoms with E-state index >= 15 is 0 Å². The number of halogens is 1. The van der Waals surface area contributed by atoms with Crippen LogP contribution >= 0.6 is 22.9 Å². The van der Waals surface area contributed by atoms with Crippen LogP contribution in [-0.4, -0.2) is 10.9 Å². The van der Waals surface area contributed by atoms with E-state index in [1.165, 1.54) is 23.3 Å². The monoisotopic (exact) mass is 358 g/mol. The Bertz CT molecular complexity index is 825. The van der Waals surface area contributed by atoms with Crippen molar-refractivity contribution in [1.82, 2.24) is 4.98 Å². The normalized spacial score (nSPS) is 16.6. The number of amides is 1. The number of carbonyl (C=O) groups excluding carboxylic acids is 1. The molecule has 124 valence electrons. The Hall–Kier alpha value is -1.65. The molecule has 2 aromatic rings. The van der Waals surface area contributed by atoms with Gasteiger partial charge >= 0.3 is 0 Å². The van der Waals surface area contributed by atoms with E-state index in [1.807, 2.05) is 12.1 Å². The fourth-order valence-corrected chi connectivity index (χ4v) is 4.99. The largest absolute Gasteiger partial charge is 0.313 e. The molecule has 3 nitrogen and oxygen atoms in total. The number of thiophene rings is 1. The lowest BCUT2D eigenvalue weighted by atomic mass is 9.94. The number of nitrogens with one attached hydrogen (secondary N) is 1. The van der Waals surface area contributed by atoms with Gasteiger partial charge in [-0.2, -0.15) is 0 Å². The molecule has 0 atom stereocenters. The highest BCUT2D eigenvalue weighted by Crippen LogP contribution is 2.44. The summed E-state index contributed by atoms with van der Waals surface area (Å²) in [5.41, 5.74) is 4.19. The summed E-state index contributed by atoms with van der Waals surface area (Å²) in [4.78, 5) is 18.4. The number of hydrogen-bond donors (Lipinski definition) is 1. The quantitative estimate of drug-likeness (QED) is 0.747. The molecular formula is C19H19ClN2OS. The van der Waals surface area contributed by atoms with Gasteiger partial charge in [0.15, 0.2) is 0 Å². The second-order valence-corrected chi connectivity index (χ2v) is 7.83. The Morgan fingerprint density at radius 1 is 1.17 bits per heavy atom. The highest BCUT2D eigenvalue weighted by Gasteiger charge is 2.24. The SMILES string of the molecule is O=C(Nc1sc2c(c1-c1cccc(Cl)n1)CCCC2)C1=CCCC1. The summed E-state index contributed by atoms with van der Waals surface area (Å²) in [6.45, 7) is 0. The molecule has 0 aliphatic heterocycles. The number of aromatic nitrogens is 1. The van der Waals surface area contributed by atoms with Crippen LogP contribution in [-0.2, 0) is 17.6 Å². The van der Waals surface area contributed by atoms with E-state index in [4.69, 9.17) is 11.6 Å². The Morgan fingerprint density at radius 2 is 2.04 bits per heavy atom. The minimum absolute atomic E-state index is 0.0365. The van der Waals surface area contributed by atoms with Crippen LogP contribution in [0, 0.1) is 0 Å². The Balaban J connectivity index is 1.75. The van der Waals surface area contributed by atoms with E-state index in [-0.39, 0.29) is 5.91 Å². The Morgan fingerprint density at radius 3 is 2.83 bits per heavy atom. The third-order valence-electron chi connectivity index (χ3n) is 4.70. The highest BCUT2D eigenvalue weighted by atomic mass is 35.5. The van der Waals surface area contributed by atoms with Gasteiger partial charge in [-0.05, 0) is 62.6 Å². The zero-order valence-electron chi connectivity index (χ0n) is 13.4. The van der Waals surface area contributed by atoms with Crippen LogP contribution in [0.5, 0.6) is 0 Å². The van der Waals surface area contributed by atoms with Gasteiger partial charge in [0.05, 0.1) is 5.69 Å². The van der Waals surface area contributed by atoms with Gasteiger partial charge in [-0.3, -0.25) is 4.79 Å². The van der Waals surface area contributed by atoms with Crippen molar-refractivity contribution in [3.8, 4) is 11.3 Å². The molecule has 0 fully saturated rings. The van der Waals surface area contributed by atoms with Gasteiger partial charge in [-0.25, -0.2) is 4.98 Å². The molecule has 0 unspecified atom stereocenters. The van der Waals surface area contributed by atoms with Crippen molar-refractivity contribution in [1.29, 1.82) is 0 Å². The minimum Gasteiger partial charge on any atom is -0.313 e. The third kappa shape index (κ3) is 3.01. The maximum atomic E-state index is 12.6. The minimum atomic E-state index is 0.0365. The number of carbonyl (C=O) groups is 1. The summed E-state index contributed by atoms with van der Waals surface area (Å²) in [7, 11) is 0. The van der Waals surface area contributed by atoms with Gasteiger partial charge in [-0.1, -0.05) is 23.7 Å². The molecule has 1 N–H and O–H groups in total.